The zero-order valence-corrected chi connectivity index (χ0v) is 23.8. The number of nitrogens with zero attached hydrogens (tertiary/aromatic N) is 2. The minimum Gasteiger partial charge on any atom is -0.496 e. The number of allylic oxidation sites excluding steroid dienone is 1. The number of anilines is 1. The van der Waals surface area contributed by atoms with Crippen molar-refractivity contribution >= 4 is 17.8 Å². The van der Waals surface area contributed by atoms with Gasteiger partial charge in [0.05, 0.1) is 12.7 Å². The number of carbonyl (C=O) groups is 1. The third kappa shape index (κ3) is 7.53. The number of rotatable bonds is 7. The minimum absolute atomic E-state index is 0.125. The third-order valence-corrected chi connectivity index (χ3v) is 8.36. The summed E-state index contributed by atoms with van der Waals surface area (Å²) in [6, 6.07) is 14.7. The molecule has 2 fully saturated rings. The van der Waals surface area contributed by atoms with Gasteiger partial charge in [-0.15, -0.1) is 0 Å². The number of benzene rings is 2. The van der Waals surface area contributed by atoms with E-state index in [1.54, 1.807) is 20.4 Å². The maximum atomic E-state index is 13.9. The molecule has 2 aromatic rings. The summed E-state index contributed by atoms with van der Waals surface area (Å²) < 4.78 is 5.45. The van der Waals surface area contributed by atoms with E-state index < -0.39 is 0 Å². The lowest BCUT2D eigenvalue weighted by molar-refractivity contribution is -0.123. The van der Waals surface area contributed by atoms with Crippen LogP contribution in [-0.4, -0.2) is 32.8 Å². The number of aliphatic imine (C=N–C) groups is 1. The van der Waals surface area contributed by atoms with Gasteiger partial charge in [0.25, 0.3) is 0 Å². The summed E-state index contributed by atoms with van der Waals surface area (Å²) in [6.07, 6.45) is 13.2. The van der Waals surface area contributed by atoms with Gasteiger partial charge in [-0.05, 0) is 92.7 Å². The Balaban J connectivity index is 1.50. The predicted octanol–water partition coefficient (Wildman–Crippen LogP) is 6.79. The molecule has 2 aliphatic carbocycles. The van der Waals surface area contributed by atoms with Crippen LogP contribution in [0.4, 0.5) is 5.69 Å². The smallest absolute Gasteiger partial charge is 0.230 e. The van der Waals surface area contributed by atoms with Gasteiger partial charge in [-0.2, -0.15) is 0 Å². The molecular weight excluding hydrogens is 482 g/mol. The summed E-state index contributed by atoms with van der Waals surface area (Å²) in [5.74, 6) is 8.71. The highest BCUT2D eigenvalue weighted by Gasteiger charge is 2.31. The topological polar surface area (TPSA) is 67.9 Å². The third-order valence-electron chi connectivity index (χ3n) is 8.36. The molecule has 0 unspecified atom stereocenters. The Morgan fingerprint density at radius 3 is 2.51 bits per heavy atom. The molecule has 0 spiro atoms. The summed E-state index contributed by atoms with van der Waals surface area (Å²) in [5.41, 5.74) is 10.8. The molecule has 5 heteroatoms. The van der Waals surface area contributed by atoms with Gasteiger partial charge < -0.3 is 15.4 Å². The lowest BCUT2D eigenvalue weighted by Crippen LogP contribution is -2.41. The Hall–Kier alpha value is -3.52. The first-order valence-electron chi connectivity index (χ1n) is 14.4. The van der Waals surface area contributed by atoms with Crippen LogP contribution in [-0.2, 0) is 4.79 Å². The van der Waals surface area contributed by atoms with Crippen molar-refractivity contribution in [2.45, 2.75) is 70.6 Å². The van der Waals surface area contributed by atoms with E-state index in [-0.39, 0.29) is 11.8 Å². The Kier molecular flexibility index (Phi) is 10.3. The second-order valence-electron chi connectivity index (χ2n) is 11.0. The average molecular weight is 526 g/mol. The molecule has 0 heterocycles. The van der Waals surface area contributed by atoms with E-state index in [1.807, 2.05) is 12.1 Å². The van der Waals surface area contributed by atoms with Gasteiger partial charge in [0.1, 0.15) is 5.75 Å². The van der Waals surface area contributed by atoms with Crippen molar-refractivity contribution < 1.29 is 9.53 Å². The molecule has 2 aromatic carbocycles. The number of hydrogen-bond acceptors (Lipinski definition) is 4. The van der Waals surface area contributed by atoms with Gasteiger partial charge in [0, 0.05) is 43.2 Å². The number of nitrogens with two attached hydrogens (primary N) is 1. The summed E-state index contributed by atoms with van der Waals surface area (Å²) in [6.45, 7) is 2.89. The molecule has 0 bridgehead atoms. The van der Waals surface area contributed by atoms with Crippen LogP contribution >= 0.6 is 0 Å². The fourth-order valence-electron chi connectivity index (χ4n) is 6.14. The zero-order valence-electron chi connectivity index (χ0n) is 23.8. The van der Waals surface area contributed by atoms with Gasteiger partial charge in [0.15, 0.2) is 0 Å². The summed E-state index contributed by atoms with van der Waals surface area (Å²) in [4.78, 5) is 20.0. The molecule has 0 saturated heterocycles. The maximum absolute atomic E-state index is 13.9. The molecule has 0 radical (unpaired) electrons. The van der Waals surface area contributed by atoms with Crippen LogP contribution in [0.5, 0.6) is 5.75 Å². The second kappa shape index (κ2) is 14.0. The lowest BCUT2D eigenvalue weighted by Gasteiger charge is -2.35. The monoisotopic (exact) mass is 525 g/mol. The normalized spacial score (nSPS) is 20.3. The van der Waals surface area contributed by atoms with Crippen LogP contribution in [0, 0.1) is 30.6 Å². The van der Waals surface area contributed by atoms with Crippen LogP contribution in [0.1, 0.15) is 80.4 Å². The fourth-order valence-corrected chi connectivity index (χ4v) is 6.14. The van der Waals surface area contributed by atoms with E-state index in [9.17, 15) is 4.79 Å². The number of methoxy groups -OCH3 is 1. The molecule has 0 aromatic heterocycles. The van der Waals surface area contributed by atoms with E-state index >= 15 is 0 Å². The Morgan fingerprint density at radius 2 is 1.85 bits per heavy atom. The van der Waals surface area contributed by atoms with E-state index in [0.717, 1.165) is 74.9 Å². The molecule has 2 saturated carbocycles. The van der Waals surface area contributed by atoms with Crippen molar-refractivity contribution in [1.29, 1.82) is 0 Å². The van der Waals surface area contributed by atoms with Gasteiger partial charge in [-0.1, -0.05) is 49.3 Å². The summed E-state index contributed by atoms with van der Waals surface area (Å²) in [7, 11) is 3.43. The molecule has 0 aliphatic heterocycles. The van der Waals surface area contributed by atoms with Gasteiger partial charge in [-0.3, -0.25) is 9.79 Å². The fraction of sp³-hybridized carbons (Fsp3) is 0.471. The van der Waals surface area contributed by atoms with Crippen LogP contribution in [0.2, 0.25) is 0 Å². The second-order valence-corrected chi connectivity index (χ2v) is 11.0. The zero-order chi connectivity index (χ0) is 27.6. The number of hydrogen-bond donors (Lipinski definition) is 1. The Morgan fingerprint density at radius 1 is 1.08 bits per heavy atom. The predicted molar refractivity (Wildman–Crippen MR) is 161 cm³/mol. The summed E-state index contributed by atoms with van der Waals surface area (Å²) >= 11 is 0. The first-order valence-corrected chi connectivity index (χ1v) is 14.4. The van der Waals surface area contributed by atoms with Crippen LogP contribution in [0.3, 0.4) is 0 Å². The number of ether oxygens (including phenoxy) is 1. The first-order chi connectivity index (χ1) is 19.0. The molecule has 4 rings (SSSR count). The number of carbonyl (C=O) groups excluding carboxylic acids is 1. The van der Waals surface area contributed by atoms with Crippen molar-refractivity contribution in [3.05, 3.63) is 70.9 Å². The van der Waals surface area contributed by atoms with Crippen molar-refractivity contribution in [2.75, 3.05) is 25.6 Å². The molecular formula is C34H43N3O2. The highest BCUT2D eigenvalue weighted by Crippen LogP contribution is 2.38. The van der Waals surface area contributed by atoms with Gasteiger partial charge in [-0.25, -0.2) is 0 Å². The molecule has 206 valence electrons. The minimum atomic E-state index is 0.125. The van der Waals surface area contributed by atoms with E-state index in [0.29, 0.717) is 17.4 Å². The van der Waals surface area contributed by atoms with Crippen molar-refractivity contribution in [3.63, 3.8) is 0 Å². The summed E-state index contributed by atoms with van der Waals surface area (Å²) in [5, 5.41) is 0. The van der Waals surface area contributed by atoms with Crippen molar-refractivity contribution in [2.24, 2.45) is 22.6 Å². The standard InChI is InChI=1S/C34H43N3O2/c1-25-20-31(18-19-33(25)39-3)29-16-14-27(15-17-29)24-37(34(38)30-9-5-4-6-10-30)32-11-7-8-26(21-32)12-13-28(22-35)23-36-2/h7-8,11,18-23,27,29-30H,4-6,9-10,14-17,24,35H2,1-3H3. The number of aryl methyl sites for hydroxylation is 1. The molecule has 39 heavy (non-hydrogen) atoms. The number of amides is 1. The Labute approximate surface area is 234 Å². The van der Waals surface area contributed by atoms with Crippen LogP contribution in [0.25, 0.3) is 0 Å². The van der Waals surface area contributed by atoms with Gasteiger partial charge in [0.2, 0.25) is 5.91 Å². The van der Waals surface area contributed by atoms with Crippen LogP contribution in [0.15, 0.2) is 59.2 Å². The highest BCUT2D eigenvalue weighted by molar-refractivity contribution is 5.95. The Bertz CT molecular complexity index is 1240. The van der Waals surface area contributed by atoms with E-state index in [4.69, 9.17) is 10.5 Å². The molecule has 2 N–H and O–H groups in total. The van der Waals surface area contributed by atoms with E-state index in [1.165, 1.54) is 23.7 Å². The van der Waals surface area contributed by atoms with Gasteiger partial charge >= 0.3 is 0 Å². The van der Waals surface area contributed by atoms with Crippen molar-refractivity contribution in [1.82, 2.24) is 0 Å². The van der Waals surface area contributed by atoms with Crippen LogP contribution < -0.4 is 15.4 Å². The SMILES string of the molecule is CN=CC(C#Cc1cccc(N(CC2CCC(c3ccc(OC)c(C)c3)CC2)C(=O)C2CCCCC2)c1)=CN. The van der Waals surface area contributed by atoms with E-state index in [2.05, 4.69) is 59.0 Å². The first kappa shape index (κ1) is 28.5. The molecule has 5 nitrogen and oxygen atoms in total. The van der Waals surface area contributed by atoms with Crippen molar-refractivity contribution in [3.8, 4) is 17.6 Å². The average Bonchev–Trinajstić information content (AvgIpc) is 2.98. The molecule has 0 atom stereocenters. The maximum Gasteiger partial charge on any atom is 0.230 e. The lowest BCUT2D eigenvalue weighted by atomic mass is 9.78. The highest BCUT2D eigenvalue weighted by atomic mass is 16.5. The largest absolute Gasteiger partial charge is 0.496 e. The quantitative estimate of drug-likeness (QED) is 0.320. The molecule has 2 aliphatic rings. The molecule has 1 amide bonds.